The normalized spacial score (nSPS) is 20.1. The van der Waals surface area contributed by atoms with E-state index >= 15 is 0 Å². The molecule has 1 aliphatic heterocycles. The Morgan fingerprint density at radius 3 is 2.62 bits per heavy atom. The van der Waals surface area contributed by atoms with E-state index < -0.39 is 0 Å². The first-order chi connectivity index (χ1) is 10.2. The SMILES string of the molecule is Cc1cccc(OCC2CCN(C(=O)C3CCC3)CC2)c1. The second kappa shape index (κ2) is 6.50. The Hall–Kier alpha value is -1.51. The minimum absolute atomic E-state index is 0.338. The molecule has 0 spiro atoms. The van der Waals surface area contributed by atoms with Crippen LogP contribution in [0.4, 0.5) is 0 Å². The van der Waals surface area contributed by atoms with E-state index in [1.165, 1.54) is 12.0 Å². The van der Waals surface area contributed by atoms with Crippen molar-refractivity contribution in [3.8, 4) is 5.75 Å². The summed E-state index contributed by atoms with van der Waals surface area (Å²) >= 11 is 0. The highest BCUT2D eigenvalue weighted by Gasteiger charge is 2.31. The maximum Gasteiger partial charge on any atom is 0.225 e. The van der Waals surface area contributed by atoms with Crippen molar-refractivity contribution in [1.29, 1.82) is 0 Å². The van der Waals surface area contributed by atoms with Crippen molar-refractivity contribution >= 4 is 5.91 Å². The summed E-state index contributed by atoms with van der Waals surface area (Å²) in [6.07, 6.45) is 5.59. The van der Waals surface area contributed by atoms with Crippen molar-refractivity contribution in [3.05, 3.63) is 29.8 Å². The molecule has 1 amide bonds. The van der Waals surface area contributed by atoms with Gasteiger partial charge in [-0.3, -0.25) is 4.79 Å². The van der Waals surface area contributed by atoms with Gasteiger partial charge in [-0.05, 0) is 56.2 Å². The average Bonchev–Trinajstić information content (AvgIpc) is 2.44. The van der Waals surface area contributed by atoms with Gasteiger partial charge >= 0.3 is 0 Å². The molecule has 2 fully saturated rings. The predicted molar refractivity (Wildman–Crippen MR) is 83.3 cm³/mol. The van der Waals surface area contributed by atoms with Gasteiger partial charge in [-0.1, -0.05) is 18.6 Å². The summed E-state index contributed by atoms with van der Waals surface area (Å²) in [5.74, 6) is 2.28. The van der Waals surface area contributed by atoms with Crippen LogP contribution in [0.2, 0.25) is 0 Å². The van der Waals surface area contributed by atoms with Gasteiger partial charge in [-0.15, -0.1) is 0 Å². The molecule has 21 heavy (non-hydrogen) atoms. The average molecular weight is 287 g/mol. The van der Waals surface area contributed by atoms with E-state index in [4.69, 9.17) is 4.74 Å². The first-order valence-electron chi connectivity index (χ1n) is 8.20. The van der Waals surface area contributed by atoms with E-state index in [1.807, 2.05) is 12.1 Å². The zero-order chi connectivity index (χ0) is 14.7. The van der Waals surface area contributed by atoms with Gasteiger partial charge in [-0.25, -0.2) is 0 Å². The Morgan fingerprint density at radius 2 is 2.00 bits per heavy atom. The fraction of sp³-hybridized carbons (Fsp3) is 0.611. The van der Waals surface area contributed by atoms with Gasteiger partial charge in [0, 0.05) is 19.0 Å². The summed E-state index contributed by atoms with van der Waals surface area (Å²) in [6.45, 7) is 4.68. The fourth-order valence-corrected chi connectivity index (χ4v) is 3.15. The molecule has 1 aromatic rings. The van der Waals surface area contributed by atoms with E-state index in [2.05, 4.69) is 24.0 Å². The third kappa shape index (κ3) is 3.58. The fourth-order valence-electron chi connectivity index (χ4n) is 3.15. The molecule has 0 radical (unpaired) electrons. The van der Waals surface area contributed by atoms with Crippen molar-refractivity contribution in [2.45, 2.75) is 39.0 Å². The number of piperidine rings is 1. The van der Waals surface area contributed by atoms with Gasteiger partial charge in [-0.2, -0.15) is 0 Å². The quantitative estimate of drug-likeness (QED) is 0.849. The van der Waals surface area contributed by atoms with Crippen LogP contribution in [0.15, 0.2) is 24.3 Å². The molecule has 0 unspecified atom stereocenters. The van der Waals surface area contributed by atoms with E-state index in [1.54, 1.807) is 0 Å². The molecular formula is C18H25NO2. The molecule has 0 atom stereocenters. The van der Waals surface area contributed by atoms with E-state index in [-0.39, 0.29) is 0 Å². The number of aryl methyl sites for hydroxylation is 1. The van der Waals surface area contributed by atoms with Crippen LogP contribution in [0.25, 0.3) is 0 Å². The van der Waals surface area contributed by atoms with Crippen molar-refractivity contribution in [3.63, 3.8) is 0 Å². The number of likely N-dealkylation sites (tertiary alicyclic amines) is 1. The number of hydrogen-bond acceptors (Lipinski definition) is 2. The van der Waals surface area contributed by atoms with Gasteiger partial charge in [0.25, 0.3) is 0 Å². The lowest BCUT2D eigenvalue weighted by Gasteiger charge is -2.36. The maximum absolute atomic E-state index is 12.2. The van der Waals surface area contributed by atoms with Gasteiger partial charge in [0.2, 0.25) is 5.91 Å². The van der Waals surface area contributed by atoms with E-state index in [0.29, 0.717) is 17.7 Å². The molecule has 0 bridgehead atoms. The topological polar surface area (TPSA) is 29.5 Å². The number of ether oxygens (including phenoxy) is 1. The van der Waals surface area contributed by atoms with Crippen LogP contribution in [0.3, 0.4) is 0 Å². The molecule has 3 nitrogen and oxygen atoms in total. The first kappa shape index (κ1) is 14.4. The molecule has 1 aromatic carbocycles. The first-order valence-corrected chi connectivity index (χ1v) is 8.20. The molecule has 3 rings (SSSR count). The monoisotopic (exact) mass is 287 g/mol. The largest absolute Gasteiger partial charge is 0.493 e. The maximum atomic E-state index is 12.2. The molecule has 0 N–H and O–H groups in total. The number of nitrogens with zero attached hydrogens (tertiary/aromatic N) is 1. The van der Waals surface area contributed by atoms with Crippen molar-refractivity contribution in [2.75, 3.05) is 19.7 Å². The van der Waals surface area contributed by atoms with E-state index in [0.717, 1.165) is 51.1 Å². The lowest BCUT2D eigenvalue weighted by atomic mass is 9.83. The zero-order valence-electron chi connectivity index (χ0n) is 12.9. The van der Waals surface area contributed by atoms with Crippen LogP contribution in [0, 0.1) is 18.8 Å². The highest BCUT2D eigenvalue weighted by molar-refractivity contribution is 5.79. The summed E-state index contributed by atoms with van der Waals surface area (Å²) in [4.78, 5) is 14.3. The number of amides is 1. The molecule has 1 aliphatic carbocycles. The molecular weight excluding hydrogens is 262 g/mol. The summed E-state index contributed by atoms with van der Waals surface area (Å²) in [6, 6.07) is 8.21. The smallest absolute Gasteiger partial charge is 0.225 e. The van der Waals surface area contributed by atoms with Crippen molar-refractivity contribution in [1.82, 2.24) is 4.90 Å². The number of rotatable bonds is 4. The molecule has 1 heterocycles. The number of hydrogen-bond donors (Lipinski definition) is 0. The number of benzene rings is 1. The van der Waals surface area contributed by atoms with Crippen LogP contribution in [0.1, 0.15) is 37.7 Å². The Bertz CT molecular complexity index is 488. The summed E-state index contributed by atoms with van der Waals surface area (Å²) in [5.41, 5.74) is 1.23. The predicted octanol–water partition coefficient (Wildman–Crippen LogP) is 3.41. The molecule has 1 saturated heterocycles. The molecule has 114 valence electrons. The lowest BCUT2D eigenvalue weighted by molar-refractivity contribution is -0.139. The number of carbonyl (C=O) groups excluding carboxylic acids is 1. The molecule has 0 aromatic heterocycles. The van der Waals surface area contributed by atoms with Crippen molar-refractivity contribution < 1.29 is 9.53 Å². The number of carbonyl (C=O) groups is 1. The summed E-state index contributed by atoms with van der Waals surface area (Å²) in [5, 5.41) is 0. The molecule has 2 aliphatic rings. The lowest BCUT2D eigenvalue weighted by Crippen LogP contribution is -2.44. The Balaban J connectivity index is 1.42. The Kier molecular flexibility index (Phi) is 4.47. The zero-order valence-corrected chi connectivity index (χ0v) is 12.9. The minimum Gasteiger partial charge on any atom is -0.493 e. The van der Waals surface area contributed by atoms with Gasteiger partial charge in [0.1, 0.15) is 5.75 Å². The highest BCUT2D eigenvalue weighted by Crippen LogP contribution is 2.30. The van der Waals surface area contributed by atoms with Crippen LogP contribution in [0.5, 0.6) is 5.75 Å². The Labute approximate surface area is 127 Å². The Morgan fingerprint density at radius 1 is 1.24 bits per heavy atom. The van der Waals surface area contributed by atoms with Crippen LogP contribution >= 0.6 is 0 Å². The summed E-state index contributed by atoms with van der Waals surface area (Å²) < 4.78 is 5.90. The van der Waals surface area contributed by atoms with Gasteiger partial charge in [0.15, 0.2) is 0 Å². The van der Waals surface area contributed by atoms with Gasteiger partial charge in [0.05, 0.1) is 6.61 Å². The van der Waals surface area contributed by atoms with Crippen molar-refractivity contribution in [2.24, 2.45) is 11.8 Å². The highest BCUT2D eigenvalue weighted by atomic mass is 16.5. The van der Waals surface area contributed by atoms with Crippen LogP contribution in [-0.4, -0.2) is 30.5 Å². The molecule has 3 heteroatoms. The van der Waals surface area contributed by atoms with Crippen LogP contribution < -0.4 is 4.74 Å². The third-order valence-electron chi connectivity index (χ3n) is 4.86. The minimum atomic E-state index is 0.338. The third-order valence-corrected chi connectivity index (χ3v) is 4.86. The summed E-state index contributed by atoms with van der Waals surface area (Å²) in [7, 11) is 0. The standard InChI is InChI=1S/C18H25NO2/c1-14-4-2-7-17(12-14)21-13-15-8-10-19(11-9-15)18(20)16-5-3-6-16/h2,4,7,12,15-16H,3,5-6,8-11,13H2,1H3. The second-order valence-corrected chi connectivity index (χ2v) is 6.52. The van der Waals surface area contributed by atoms with Gasteiger partial charge < -0.3 is 9.64 Å². The van der Waals surface area contributed by atoms with E-state index in [9.17, 15) is 4.79 Å². The molecule has 1 saturated carbocycles. The van der Waals surface area contributed by atoms with Crippen LogP contribution in [-0.2, 0) is 4.79 Å². The second-order valence-electron chi connectivity index (χ2n) is 6.52.